The Labute approximate surface area is 207 Å². The van der Waals surface area contributed by atoms with Crippen LogP contribution in [-0.4, -0.2) is 41.1 Å². The van der Waals surface area contributed by atoms with E-state index < -0.39 is 18.5 Å². The highest BCUT2D eigenvalue weighted by atomic mass is 16.5. The van der Waals surface area contributed by atoms with E-state index in [1.54, 1.807) is 13.0 Å². The molecule has 0 spiro atoms. The molecule has 4 aromatic rings. The molecule has 4 rings (SSSR count). The molecule has 0 aliphatic heterocycles. The zero-order chi connectivity index (χ0) is 25.8. The maximum Gasteiger partial charge on any atom is 0.339 e. The van der Waals surface area contributed by atoms with Crippen molar-refractivity contribution in [3.05, 3.63) is 76.5 Å². The molecule has 0 saturated heterocycles. The molecule has 2 heterocycles. The molecule has 0 aliphatic carbocycles. The first-order chi connectivity index (χ1) is 17.2. The molecule has 0 aliphatic rings. The van der Waals surface area contributed by atoms with Gasteiger partial charge in [-0.3, -0.25) is 9.59 Å². The number of nitrogens with one attached hydrogen (secondary N) is 2. The number of hydrogen-bond acceptors (Lipinski definition) is 7. The van der Waals surface area contributed by atoms with E-state index in [1.807, 2.05) is 63.2 Å². The maximum atomic E-state index is 12.9. The molecule has 2 aromatic carbocycles. The summed E-state index contributed by atoms with van der Waals surface area (Å²) in [4.78, 5) is 42.0. The molecule has 9 heteroatoms. The van der Waals surface area contributed by atoms with Crippen molar-refractivity contribution in [3.8, 4) is 11.3 Å². The Hall–Kier alpha value is -4.53. The standard InChI is InChI=1S/C27H26N4O5/c1-15-10-16(2)25(17(3)11-15)30-22(32)13-28-23(33)14-35-27(34)20-12-21(19-8-6-5-7-9-19)29-26-24(20)18(4)31-36-26/h5-12H,13-14H2,1-4H3,(H,28,33)(H,30,32). The molecular formula is C27H26N4O5. The number of nitrogens with zero attached hydrogens (tertiary/aromatic N) is 2. The lowest BCUT2D eigenvalue weighted by Gasteiger charge is -2.13. The second kappa shape index (κ2) is 10.4. The SMILES string of the molecule is Cc1cc(C)c(NC(=O)CNC(=O)COC(=O)c2cc(-c3ccccc3)nc3onc(C)c23)c(C)c1. The van der Waals surface area contributed by atoms with Crippen LogP contribution >= 0.6 is 0 Å². The molecule has 36 heavy (non-hydrogen) atoms. The summed E-state index contributed by atoms with van der Waals surface area (Å²) in [7, 11) is 0. The van der Waals surface area contributed by atoms with Crippen molar-refractivity contribution in [2.45, 2.75) is 27.7 Å². The first-order valence-corrected chi connectivity index (χ1v) is 11.4. The van der Waals surface area contributed by atoms with Crippen molar-refractivity contribution in [3.63, 3.8) is 0 Å². The van der Waals surface area contributed by atoms with Gasteiger partial charge in [-0.25, -0.2) is 9.78 Å². The fraction of sp³-hybridized carbons (Fsp3) is 0.222. The van der Waals surface area contributed by atoms with E-state index in [1.165, 1.54) is 0 Å². The van der Waals surface area contributed by atoms with Gasteiger partial charge in [-0.05, 0) is 44.9 Å². The molecular weight excluding hydrogens is 460 g/mol. The third-order valence-corrected chi connectivity index (χ3v) is 5.63. The molecule has 2 N–H and O–H groups in total. The summed E-state index contributed by atoms with van der Waals surface area (Å²) in [5.41, 5.74) is 5.84. The first-order valence-electron chi connectivity index (χ1n) is 11.4. The van der Waals surface area contributed by atoms with Gasteiger partial charge < -0.3 is 19.9 Å². The van der Waals surface area contributed by atoms with Crippen LogP contribution in [0.3, 0.4) is 0 Å². The van der Waals surface area contributed by atoms with Gasteiger partial charge in [-0.1, -0.05) is 53.2 Å². The van der Waals surface area contributed by atoms with Crippen LogP contribution in [-0.2, 0) is 14.3 Å². The molecule has 0 unspecified atom stereocenters. The van der Waals surface area contributed by atoms with Crippen molar-refractivity contribution in [1.29, 1.82) is 0 Å². The fourth-order valence-electron chi connectivity index (χ4n) is 4.01. The van der Waals surface area contributed by atoms with Crippen molar-refractivity contribution >= 4 is 34.6 Å². The number of benzene rings is 2. The molecule has 9 nitrogen and oxygen atoms in total. The summed E-state index contributed by atoms with van der Waals surface area (Å²) < 4.78 is 10.5. The molecule has 2 aromatic heterocycles. The van der Waals surface area contributed by atoms with Crippen molar-refractivity contribution < 1.29 is 23.6 Å². The van der Waals surface area contributed by atoms with Gasteiger partial charge in [0.1, 0.15) is 0 Å². The number of hydrogen-bond donors (Lipinski definition) is 2. The highest BCUT2D eigenvalue weighted by molar-refractivity contribution is 6.05. The number of aryl methyl sites for hydroxylation is 4. The van der Waals surface area contributed by atoms with Crippen LogP contribution in [0.15, 0.2) is 53.1 Å². The van der Waals surface area contributed by atoms with Gasteiger partial charge in [0, 0.05) is 11.3 Å². The second-order valence-corrected chi connectivity index (χ2v) is 8.54. The molecule has 0 bridgehead atoms. The summed E-state index contributed by atoms with van der Waals surface area (Å²) in [6, 6.07) is 14.8. The zero-order valence-electron chi connectivity index (χ0n) is 20.5. The normalized spacial score (nSPS) is 10.8. The quantitative estimate of drug-likeness (QED) is 0.378. The van der Waals surface area contributed by atoms with Crippen molar-refractivity contribution in [1.82, 2.24) is 15.5 Å². The van der Waals surface area contributed by atoms with E-state index >= 15 is 0 Å². The molecule has 0 fully saturated rings. The van der Waals surface area contributed by atoms with E-state index in [0.29, 0.717) is 22.5 Å². The Morgan fingerprint density at radius 1 is 0.944 bits per heavy atom. The molecule has 0 radical (unpaired) electrons. The molecule has 2 amide bonds. The van der Waals surface area contributed by atoms with Gasteiger partial charge in [-0.15, -0.1) is 0 Å². The van der Waals surface area contributed by atoms with Crippen LogP contribution in [0.1, 0.15) is 32.7 Å². The summed E-state index contributed by atoms with van der Waals surface area (Å²) in [6.07, 6.45) is 0. The van der Waals surface area contributed by atoms with Crippen LogP contribution in [0.5, 0.6) is 0 Å². The van der Waals surface area contributed by atoms with Crippen LogP contribution in [0.25, 0.3) is 22.4 Å². The number of amides is 2. The monoisotopic (exact) mass is 486 g/mol. The predicted molar refractivity (Wildman–Crippen MR) is 135 cm³/mol. The average molecular weight is 487 g/mol. The summed E-state index contributed by atoms with van der Waals surface area (Å²) in [5, 5.41) is 9.60. The zero-order valence-corrected chi connectivity index (χ0v) is 20.5. The Bertz CT molecular complexity index is 1440. The summed E-state index contributed by atoms with van der Waals surface area (Å²) >= 11 is 0. The largest absolute Gasteiger partial charge is 0.452 e. The average Bonchev–Trinajstić information content (AvgIpc) is 3.24. The lowest BCUT2D eigenvalue weighted by atomic mass is 10.1. The van der Waals surface area contributed by atoms with Gasteiger partial charge in [0.25, 0.3) is 11.6 Å². The Balaban J connectivity index is 1.39. The lowest BCUT2D eigenvalue weighted by Crippen LogP contribution is -2.35. The smallest absolute Gasteiger partial charge is 0.339 e. The number of fused-ring (bicyclic) bond motifs is 1. The maximum absolute atomic E-state index is 12.9. The minimum Gasteiger partial charge on any atom is -0.452 e. The van der Waals surface area contributed by atoms with E-state index in [9.17, 15) is 14.4 Å². The third kappa shape index (κ3) is 5.41. The van der Waals surface area contributed by atoms with Crippen LogP contribution in [0.2, 0.25) is 0 Å². The fourth-order valence-corrected chi connectivity index (χ4v) is 4.01. The van der Waals surface area contributed by atoms with Crippen LogP contribution < -0.4 is 10.6 Å². The minimum atomic E-state index is -0.726. The number of ether oxygens (including phenoxy) is 1. The second-order valence-electron chi connectivity index (χ2n) is 8.54. The van der Waals surface area contributed by atoms with Gasteiger partial charge in [0.2, 0.25) is 5.91 Å². The van der Waals surface area contributed by atoms with E-state index in [2.05, 4.69) is 20.8 Å². The van der Waals surface area contributed by atoms with Crippen LogP contribution in [0, 0.1) is 27.7 Å². The first kappa shape index (κ1) is 24.6. The minimum absolute atomic E-state index is 0.188. The molecule has 184 valence electrons. The van der Waals surface area contributed by atoms with Gasteiger partial charge in [0.05, 0.1) is 28.9 Å². The number of rotatable bonds is 7. The molecule has 0 atom stereocenters. The van der Waals surface area contributed by atoms with Gasteiger partial charge >= 0.3 is 5.97 Å². The number of anilines is 1. The highest BCUT2D eigenvalue weighted by Crippen LogP contribution is 2.27. The van der Waals surface area contributed by atoms with E-state index in [0.717, 1.165) is 22.3 Å². The molecule has 0 saturated carbocycles. The van der Waals surface area contributed by atoms with Crippen molar-refractivity contribution in [2.24, 2.45) is 0 Å². The van der Waals surface area contributed by atoms with E-state index in [-0.39, 0.29) is 23.7 Å². The van der Waals surface area contributed by atoms with Gasteiger partial charge in [-0.2, -0.15) is 0 Å². The lowest BCUT2D eigenvalue weighted by molar-refractivity contribution is -0.126. The van der Waals surface area contributed by atoms with Gasteiger partial charge in [0.15, 0.2) is 6.61 Å². The van der Waals surface area contributed by atoms with E-state index in [4.69, 9.17) is 9.26 Å². The van der Waals surface area contributed by atoms with Crippen LogP contribution in [0.4, 0.5) is 5.69 Å². The number of carbonyl (C=O) groups excluding carboxylic acids is 3. The summed E-state index contributed by atoms with van der Waals surface area (Å²) in [6.45, 7) is 6.68. The Morgan fingerprint density at radius 3 is 2.33 bits per heavy atom. The predicted octanol–water partition coefficient (Wildman–Crippen LogP) is 4.04. The number of pyridine rings is 1. The number of aromatic nitrogens is 2. The highest BCUT2D eigenvalue weighted by Gasteiger charge is 2.21. The number of esters is 1. The Kier molecular flexibility index (Phi) is 7.10. The van der Waals surface area contributed by atoms with Crippen molar-refractivity contribution in [2.75, 3.05) is 18.5 Å². The summed E-state index contributed by atoms with van der Waals surface area (Å²) in [5.74, 6) is -1.71. The topological polar surface area (TPSA) is 123 Å². The third-order valence-electron chi connectivity index (χ3n) is 5.63. The number of carbonyl (C=O) groups is 3. The Morgan fingerprint density at radius 2 is 1.64 bits per heavy atom.